The van der Waals surface area contributed by atoms with Crippen LogP contribution in [0.5, 0.6) is 11.5 Å². The minimum absolute atomic E-state index is 0.00490. The number of nitrogens with zero attached hydrogens (tertiary/aromatic N) is 1. The molecule has 2 aromatic rings. The highest BCUT2D eigenvalue weighted by Crippen LogP contribution is 2.53. The number of allylic oxidation sites excluding steroid dienone is 2. The lowest BCUT2D eigenvalue weighted by atomic mass is 9.74. The second-order valence-corrected chi connectivity index (χ2v) is 9.59. The van der Waals surface area contributed by atoms with Crippen LogP contribution in [0, 0.1) is 29.6 Å². The monoisotopic (exact) mass is 461 g/mol. The molecule has 6 heteroatoms. The number of fused-ring (bicyclic) bond motifs is 1. The van der Waals surface area contributed by atoms with Gasteiger partial charge in [0.25, 0.3) is 0 Å². The topological polar surface area (TPSA) is 76.1 Å². The first-order chi connectivity index (χ1) is 16.5. The van der Waals surface area contributed by atoms with E-state index in [1.54, 1.807) is 48.5 Å². The number of aliphatic hydroxyl groups is 1. The predicted molar refractivity (Wildman–Crippen MR) is 129 cm³/mol. The van der Waals surface area contributed by atoms with E-state index in [0.717, 1.165) is 18.6 Å². The lowest BCUT2D eigenvalue weighted by Crippen LogP contribution is -2.35. The third-order valence-corrected chi connectivity index (χ3v) is 7.45. The van der Waals surface area contributed by atoms with Crippen LogP contribution in [0.25, 0.3) is 0 Å². The molecule has 2 aliphatic carbocycles. The second-order valence-electron chi connectivity index (χ2n) is 9.59. The first kappa shape index (κ1) is 22.7. The summed E-state index contributed by atoms with van der Waals surface area (Å²) < 4.78 is 11.1. The molecule has 1 aliphatic heterocycles. The van der Waals surface area contributed by atoms with Crippen LogP contribution < -0.4 is 14.4 Å². The van der Waals surface area contributed by atoms with Crippen LogP contribution in [0.3, 0.4) is 0 Å². The van der Waals surface area contributed by atoms with Gasteiger partial charge in [-0.1, -0.05) is 19.1 Å². The molecule has 6 nitrogen and oxygen atoms in total. The average Bonchev–Trinajstić information content (AvgIpc) is 3.53. The molecule has 1 heterocycles. The lowest BCUT2D eigenvalue weighted by molar-refractivity contribution is -0.122. The molecule has 3 aliphatic rings. The smallest absolute Gasteiger partial charge is 0.233 e. The van der Waals surface area contributed by atoms with Crippen molar-refractivity contribution < 1.29 is 24.2 Å². The van der Waals surface area contributed by atoms with Gasteiger partial charge in [0.05, 0.1) is 12.5 Å². The zero-order valence-corrected chi connectivity index (χ0v) is 19.6. The largest absolute Gasteiger partial charge is 0.494 e. The first-order valence-electron chi connectivity index (χ1n) is 12.1. The molecule has 2 fully saturated rings. The summed E-state index contributed by atoms with van der Waals surface area (Å²) in [6, 6.07) is 14.0. The Morgan fingerprint density at radius 1 is 1.03 bits per heavy atom. The molecule has 1 saturated carbocycles. The summed E-state index contributed by atoms with van der Waals surface area (Å²) >= 11 is 0. The quantitative estimate of drug-likeness (QED) is 0.464. The molecule has 5 unspecified atom stereocenters. The molecule has 6 atom stereocenters. The van der Waals surface area contributed by atoms with Crippen LogP contribution in [0.2, 0.25) is 0 Å². The third-order valence-electron chi connectivity index (χ3n) is 7.45. The number of hydrogen-bond acceptors (Lipinski definition) is 5. The van der Waals surface area contributed by atoms with E-state index < -0.39 is 6.23 Å². The maximum Gasteiger partial charge on any atom is 0.233 e. The van der Waals surface area contributed by atoms with Gasteiger partial charge in [0.2, 0.25) is 5.91 Å². The van der Waals surface area contributed by atoms with Crippen molar-refractivity contribution in [2.75, 3.05) is 18.1 Å². The molecule has 2 aromatic carbocycles. The lowest BCUT2D eigenvalue weighted by Gasteiger charge is -2.28. The van der Waals surface area contributed by atoms with E-state index in [1.807, 2.05) is 6.92 Å². The summed E-state index contributed by atoms with van der Waals surface area (Å²) in [6.45, 7) is 4.63. The van der Waals surface area contributed by atoms with Crippen LogP contribution in [0.4, 0.5) is 5.69 Å². The number of Topliss-reactive ketones (excluding diaryl/α,β-unsaturated/α-hetero) is 1. The number of amides is 1. The van der Waals surface area contributed by atoms with Crippen molar-refractivity contribution in [2.45, 2.75) is 32.9 Å². The summed E-state index contributed by atoms with van der Waals surface area (Å²) in [4.78, 5) is 27.4. The van der Waals surface area contributed by atoms with Crippen LogP contribution in [0.1, 0.15) is 37.0 Å². The Labute approximate surface area is 200 Å². The molecular weight excluding hydrogens is 430 g/mol. The first-order valence-corrected chi connectivity index (χ1v) is 12.1. The van der Waals surface area contributed by atoms with E-state index in [9.17, 15) is 14.7 Å². The summed E-state index contributed by atoms with van der Waals surface area (Å²) in [5.74, 6) is 2.32. The van der Waals surface area contributed by atoms with Gasteiger partial charge in [0, 0.05) is 17.2 Å². The van der Waals surface area contributed by atoms with Gasteiger partial charge in [-0.25, -0.2) is 0 Å². The van der Waals surface area contributed by atoms with Crippen molar-refractivity contribution in [3.05, 3.63) is 66.2 Å². The number of rotatable bonds is 8. The molecule has 5 rings (SSSR count). The number of ketones is 1. The highest BCUT2D eigenvalue weighted by Gasteiger charge is 2.55. The van der Waals surface area contributed by atoms with Gasteiger partial charge in [-0.3, -0.25) is 14.5 Å². The van der Waals surface area contributed by atoms with Crippen LogP contribution in [-0.4, -0.2) is 36.2 Å². The van der Waals surface area contributed by atoms with Crippen LogP contribution in [0.15, 0.2) is 60.7 Å². The number of anilines is 1. The van der Waals surface area contributed by atoms with Gasteiger partial charge < -0.3 is 14.6 Å². The molecule has 0 radical (unpaired) electrons. The van der Waals surface area contributed by atoms with Gasteiger partial charge in [0.15, 0.2) is 12.4 Å². The number of aliphatic hydroxyl groups excluding tert-OH is 1. The fraction of sp³-hybridized carbons (Fsp3) is 0.429. The van der Waals surface area contributed by atoms with Gasteiger partial charge >= 0.3 is 0 Å². The minimum atomic E-state index is -0.827. The zero-order valence-electron chi connectivity index (χ0n) is 19.6. The number of benzene rings is 2. The van der Waals surface area contributed by atoms with E-state index in [1.165, 1.54) is 4.90 Å². The normalized spacial score (nSPS) is 29.6. The van der Waals surface area contributed by atoms with Gasteiger partial charge in [-0.2, -0.15) is 0 Å². The van der Waals surface area contributed by atoms with Crippen molar-refractivity contribution in [3.8, 4) is 11.5 Å². The highest BCUT2D eigenvalue weighted by atomic mass is 16.5. The van der Waals surface area contributed by atoms with E-state index in [0.29, 0.717) is 35.4 Å². The molecule has 1 N–H and O–H groups in total. The maximum absolute atomic E-state index is 13.4. The van der Waals surface area contributed by atoms with Crippen LogP contribution >= 0.6 is 0 Å². The minimum Gasteiger partial charge on any atom is -0.494 e. The maximum atomic E-state index is 13.4. The van der Waals surface area contributed by atoms with Crippen molar-refractivity contribution in [1.82, 2.24) is 0 Å². The fourth-order valence-corrected chi connectivity index (χ4v) is 5.50. The Morgan fingerprint density at radius 2 is 1.68 bits per heavy atom. The highest BCUT2D eigenvalue weighted by molar-refractivity contribution is 5.99. The number of carbonyl (C=O) groups excluding carboxylic acids is 2. The Kier molecular flexibility index (Phi) is 6.17. The summed E-state index contributed by atoms with van der Waals surface area (Å²) in [6.07, 6.45) is 5.38. The van der Waals surface area contributed by atoms with Gasteiger partial charge in [-0.15, -0.1) is 0 Å². The van der Waals surface area contributed by atoms with Crippen molar-refractivity contribution in [3.63, 3.8) is 0 Å². The van der Waals surface area contributed by atoms with Crippen molar-refractivity contribution in [2.24, 2.45) is 29.6 Å². The van der Waals surface area contributed by atoms with E-state index >= 15 is 0 Å². The Hall–Kier alpha value is -3.12. The third kappa shape index (κ3) is 4.23. The Bertz CT molecular complexity index is 1080. The van der Waals surface area contributed by atoms with Gasteiger partial charge in [0.1, 0.15) is 17.7 Å². The number of hydrogen-bond donors (Lipinski definition) is 1. The SMILES string of the molecule is CCOc1ccc(C(=O)COc2ccc(N3C(=O)C4C(C5CC5C)C=CCC4[C@@H]3O)cc2)cc1. The zero-order chi connectivity index (χ0) is 23.8. The standard InChI is InChI=1S/C28H31NO5/c1-3-33-20-11-7-18(8-12-20)25(30)16-34-21-13-9-19(10-14-21)29-27(31)23-6-4-5-22(24-15-17(24)2)26(23)28(29)32/h4-5,7-14,17,22-24,26-27,31H,3,6,15-16H2,1-2H3/t17?,22?,23?,24?,26?,27-/m0/s1. The molecule has 0 bridgehead atoms. The molecule has 1 saturated heterocycles. The summed E-state index contributed by atoms with van der Waals surface area (Å²) in [5.41, 5.74) is 1.21. The van der Waals surface area contributed by atoms with Crippen molar-refractivity contribution >= 4 is 17.4 Å². The number of ether oxygens (including phenoxy) is 2. The molecule has 0 spiro atoms. The molecule has 1 amide bonds. The molecule has 0 aromatic heterocycles. The molecular formula is C28H31NO5. The second kappa shape index (κ2) is 9.26. The molecule has 34 heavy (non-hydrogen) atoms. The Morgan fingerprint density at radius 3 is 2.32 bits per heavy atom. The van der Waals surface area contributed by atoms with E-state index in [-0.39, 0.29) is 36.1 Å². The van der Waals surface area contributed by atoms with Crippen molar-refractivity contribution in [1.29, 1.82) is 0 Å². The van der Waals surface area contributed by atoms with E-state index in [4.69, 9.17) is 9.47 Å². The predicted octanol–water partition coefficient (Wildman–Crippen LogP) is 4.48. The van der Waals surface area contributed by atoms with Crippen LogP contribution in [-0.2, 0) is 4.79 Å². The fourth-order valence-electron chi connectivity index (χ4n) is 5.50. The van der Waals surface area contributed by atoms with E-state index in [2.05, 4.69) is 19.1 Å². The van der Waals surface area contributed by atoms with Gasteiger partial charge in [-0.05, 0) is 86.1 Å². The average molecular weight is 462 g/mol. The number of carbonyl (C=O) groups is 2. The summed E-state index contributed by atoms with van der Waals surface area (Å²) in [7, 11) is 0. The molecule has 178 valence electrons. The summed E-state index contributed by atoms with van der Waals surface area (Å²) in [5, 5.41) is 11.0. The Balaban J connectivity index is 1.23.